The normalized spacial score (nSPS) is 18.4. The summed E-state index contributed by atoms with van der Waals surface area (Å²) in [6, 6.07) is 14.1. The van der Waals surface area contributed by atoms with E-state index in [-0.39, 0.29) is 17.9 Å². The minimum Gasteiger partial charge on any atom is -0.353 e. The summed E-state index contributed by atoms with van der Waals surface area (Å²) in [6.45, 7) is 4.90. The monoisotopic (exact) mass is 433 g/mol. The Balaban J connectivity index is 1.56. The highest BCUT2D eigenvalue weighted by Crippen LogP contribution is 2.36. The van der Waals surface area contributed by atoms with Crippen molar-refractivity contribution in [2.75, 3.05) is 13.1 Å². The summed E-state index contributed by atoms with van der Waals surface area (Å²) < 4.78 is 0. The zero-order chi connectivity index (χ0) is 21.8. The van der Waals surface area contributed by atoms with Gasteiger partial charge in [-0.25, -0.2) is 0 Å². The Morgan fingerprint density at radius 1 is 1.16 bits per heavy atom. The molecular formula is C25H27N3O2S. The number of benzene rings is 1. The van der Waals surface area contributed by atoms with Gasteiger partial charge < -0.3 is 10.2 Å². The summed E-state index contributed by atoms with van der Waals surface area (Å²) >= 11 is 1.68. The summed E-state index contributed by atoms with van der Waals surface area (Å²) in [5.74, 6) is -0.0500. The Morgan fingerprint density at radius 2 is 1.97 bits per heavy atom. The lowest BCUT2D eigenvalue weighted by Gasteiger charge is -2.29. The molecule has 1 aliphatic heterocycles. The van der Waals surface area contributed by atoms with Crippen LogP contribution in [-0.2, 0) is 11.2 Å². The number of thiophene rings is 1. The van der Waals surface area contributed by atoms with E-state index in [0.717, 1.165) is 5.56 Å². The topological polar surface area (TPSA) is 62.3 Å². The fourth-order valence-electron chi connectivity index (χ4n) is 4.18. The number of pyridine rings is 1. The van der Waals surface area contributed by atoms with E-state index in [4.69, 9.17) is 0 Å². The Bertz CT molecular complexity index is 1030. The molecule has 6 heteroatoms. The minimum absolute atomic E-state index is 0.0193. The van der Waals surface area contributed by atoms with Crippen molar-refractivity contribution in [2.24, 2.45) is 5.41 Å². The molecule has 5 nitrogen and oxygen atoms in total. The van der Waals surface area contributed by atoms with Gasteiger partial charge in [-0.15, -0.1) is 0 Å². The molecule has 2 aromatic heterocycles. The van der Waals surface area contributed by atoms with Crippen molar-refractivity contribution in [1.82, 2.24) is 15.2 Å². The van der Waals surface area contributed by atoms with E-state index in [1.54, 1.807) is 40.8 Å². The summed E-state index contributed by atoms with van der Waals surface area (Å²) in [6.07, 6.45) is 4.48. The zero-order valence-corrected chi connectivity index (χ0v) is 18.7. The fourth-order valence-corrected chi connectivity index (χ4v) is 4.84. The quantitative estimate of drug-likeness (QED) is 0.626. The number of amides is 2. The summed E-state index contributed by atoms with van der Waals surface area (Å²) in [7, 11) is 0. The maximum atomic E-state index is 13.3. The van der Waals surface area contributed by atoms with Crippen molar-refractivity contribution in [2.45, 2.75) is 32.7 Å². The lowest BCUT2D eigenvalue weighted by Crippen LogP contribution is -2.47. The predicted molar refractivity (Wildman–Crippen MR) is 124 cm³/mol. The molecule has 3 aromatic rings. The van der Waals surface area contributed by atoms with Gasteiger partial charge in [0.2, 0.25) is 5.91 Å². The van der Waals surface area contributed by atoms with E-state index in [1.807, 2.05) is 13.8 Å². The van der Waals surface area contributed by atoms with Crippen LogP contribution in [0.5, 0.6) is 0 Å². The highest BCUT2D eigenvalue weighted by Gasteiger charge is 2.46. The van der Waals surface area contributed by atoms with Gasteiger partial charge >= 0.3 is 0 Å². The molecule has 31 heavy (non-hydrogen) atoms. The third-order valence-electron chi connectivity index (χ3n) is 5.80. The largest absolute Gasteiger partial charge is 0.353 e. The molecular weight excluding hydrogens is 406 g/mol. The van der Waals surface area contributed by atoms with E-state index >= 15 is 0 Å². The molecule has 3 heterocycles. The molecule has 4 rings (SSSR count). The smallest absolute Gasteiger partial charge is 0.255 e. The molecule has 0 saturated carbocycles. The highest BCUT2D eigenvalue weighted by atomic mass is 32.1. The third kappa shape index (κ3) is 4.69. The molecule has 1 aliphatic rings. The molecule has 1 fully saturated rings. The van der Waals surface area contributed by atoms with E-state index in [0.29, 0.717) is 31.5 Å². The summed E-state index contributed by atoms with van der Waals surface area (Å²) in [5, 5.41) is 7.29. The van der Waals surface area contributed by atoms with Crippen LogP contribution in [0.25, 0.3) is 11.1 Å². The van der Waals surface area contributed by atoms with Gasteiger partial charge in [0, 0.05) is 31.5 Å². The molecule has 2 amide bonds. The fraction of sp³-hybridized carbons (Fsp3) is 0.320. The first-order valence-corrected chi connectivity index (χ1v) is 11.5. The molecule has 160 valence electrons. The van der Waals surface area contributed by atoms with Crippen molar-refractivity contribution < 1.29 is 9.59 Å². The Hall–Kier alpha value is -2.99. The predicted octanol–water partition coefficient (Wildman–Crippen LogP) is 4.41. The number of nitrogens with zero attached hydrogens (tertiary/aromatic N) is 2. The molecule has 0 bridgehead atoms. The van der Waals surface area contributed by atoms with E-state index in [9.17, 15) is 9.59 Å². The SMILES string of the molecule is CC(C)NC(=O)[C@@]1(Cc2ccc(-c3ccsc3)cc2)CCN(C(=O)c2cccnc2)C1. The Morgan fingerprint density at radius 3 is 2.61 bits per heavy atom. The first kappa shape index (κ1) is 21.2. The van der Waals surface area contributed by atoms with Crippen LogP contribution < -0.4 is 5.32 Å². The van der Waals surface area contributed by atoms with Crippen LogP contribution in [0.3, 0.4) is 0 Å². The molecule has 1 atom stereocenters. The number of carbonyl (C=O) groups is 2. The number of carbonyl (C=O) groups excluding carboxylic acids is 2. The average Bonchev–Trinajstić information content (AvgIpc) is 3.45. The van der Waals surface area contributed by atoms with Gasteiger partial charge in [-0.3, -0.25) is 14.6 Å². The van der Waals surface area contributed by atoms with Crippen LogP contribution in [0.1, 0.15) is 36.2 Å². The van der Waals surface area contributed by atoms with Gasteiger partial charge in [0.25, 0.3) is 5.91 Å². The lowest BCUT2D eigenvalue weighted by atomic mass is 9.79. The summed E-state index contributed by atoms with van der Waals surface area (Å²) in [5.41, 5.74) is 3.41. The number of likely N-dealkylation sites (tertiary alicyclic amines) is 1. The molecule has 0 radical (unpaired) electrons. The van der Waals surface area contributed by atoms with Gasteiger partial charge in [0.1, 0.15) is 0 Å². The molecule has 1 N–H and O–H groups in total. The second kappa shape index (κ2) is 9.02. The van der Waals surface area contributed by atoms with Crippen molar-refractivity contribution in [3.8, 4) is 11.1 Å². The average molecular weight is 434 g/mol. The second-order valence-electron chi connectivity index (χ2n) is 8.51. The van der Waals surface area contributed by atoms with Crippen LogP contribution >= 0.6 is 11.3 Å². The lowest BCUT2D eigenvalue weighted by molar-refractivity contribution is -0.130. The van der Waals surface area contributed by atoms with Crippen molar-refractivity contribution in [3.05, 3.63) is 76.7 Å². The van der Waals surface area contributed by atoms with Crippen LogP contribution in [0.2, 0.25) is 0 Å². The maximum Gasteiger partial charge on any atom is 0.255 e. The second-order valence-corrected chi connectivity index (χ2v) is 9.29. The van der Waals surface area contributed by atoms with E-state index in [1.165, 1.54) is 11.1 Å². The van der Waals surface area contributed by atoms with E-state index in [2.05, 4.69) is 51.4 Å². The van der Waals surface area contributed by atoms with Gasteiger partial charge in [0.05, 0.1) is 11.0 Å². The molecule has 1 aromatic carbocycles. The molecule has 0 unspecified atom stereocenters. The van der Waals surface area contributed by atoms with Crippen molar-refractivity contribution in [3.63, 3.8) is 0 Å². The van der Waals surface area contributed by atoms with E-state index < -0.39 is 5.41 Å². The van der Waals surface area contributed by atoms with Gasteiger partial charge in [-0.2, -0.15) is 11.3 Å². The number of hydrogen-bond donors (Lipinski definition) is 1. The van der Waals surface area contributed by atoms with Crippen LogP contribution in [-0.4, -0.2) is 40.8 Å². The number of hydrogen-bond acceptors (Lipinski definition) is 4. The first-order chi connectivity index (χ1) is 15.0. The zero-order valence-electron chi connectivity index (χ0n) is 17.9. The highest BCUT2D eigenvalue weighted by molar-refractivity contribution is 7.08. The molecule has 0 aliphatic carbocycles. The number of rotatable bonds is 6. The van der Waals surface area contributed by atoms with Gasteiger partial charge in [-0.05, 0) is 72.3 Å². The van der Waals surface area contributed by atoms with Gasteiger partial charge in [-0.1, -0.05) is 24.3 Å². The molecule has 1 saturated heterocycles. The third-order valence-corrected chi connectivity index (χ3v) is 6.49. The number of aromatic nitrogens is 1. The van der Waals surface area contributed by atoms with Crippen molar-refractivity contribution >= 4 is 23.2 Å². The standard InChI is InChI=1S/C25H27N3O2S/c1-18(2)27-24(30)25(10-12-28(17-25)23(29)21-4-3-11-26-15-21)14-19-5-7-20(8-6-19)22-9-13-31-16-22/h3-9,11,13,15-16,18H,10,12,14,17H2,1-2H3,(H,27,30)/t25-/m1/s1. The Kier molecular flexibility index (Phi) is 6.18. The van der Waals surface area contributed by atoms with Crippen LogP contribution in [0.4, 0.5) is 0 Å². The molecule has 0 spiro atoms. The first-order valence-electron chi connectivity index (χ1n) is 10.6. The summed E-state index contributed by atoms with van der Waals surface area (Å²) in [4.78, 5) is 32.1. The van der Waals surface area contributed by atoms with Gasteiger partial charge in [0.15, 0.2) is 0 Å². The number of nitrogens with one attached hydrogen (secondary N) is 1. The minimum atomic E-state index is -0.633. The maximum absolute atomic E-state index is 13.3. The van der Waals surface area contributed by atoms with Crippen molar-refractivity contribution in [1.29, 1.82) is 0 Å². The Labute approximate surface area is 187 Å². The van der Waals surface area contributed by atoms with Crippen LogP contribution in [0, 0.1) is 5.41 Å². The van der Waals surface area contributed by atoms with Crippen LogP contribution in [0.15, 0.2) is 65.6 Å².